The molecule has 0 radical (unpaired) electrons. The maximum absolute atomic E-state index is 5.81. The first kappa shape index (κ1) is 23.3. The van der Waals surface area contributed by atoms with E-state index < -0.39 is 0 Å². The van der Waals surface area contributed by atoms with E-state index in [0.717, 1.165) is 24.0 Å². The highest BCUT2D eigenvalue weighted by molar-refractivity contribution is 7.80. The van der Waals surface area contributed by atoms with Crippen LogP contribution >= 0.6 is 12.2 Å². The summed E-state index contributed by atoms with van der Waals surface area (Å²) in [5.74, 6) is 6.24. The number of aryl methyl sites for hydroxylation is 1. The Kier molecular flexibility index (Phi) is 9.74. The summed E-state index contributed by atoms with van der Waals surface area (Å²) in [7, 11) is 1.60. The third kappa shape index (κ3) is 6.81. The van der Waals surface area contributed by atoms with E-state index in [9.17, 15) is 0 Å². The van der Waals surface area contributed by atoms with Gasteiger partial charge in [0.05, 0.1) is 7.11 Å². The molecule has 0 saturated heterocycles. The largest absolute Gasteiger partial charge is 0.493 e. The van der Waals surface area contributed by atoms with E-state index in [1.807, 2.05) is 30.3 Å². The molecule has 0 heterocycles. The first-order valence-corrected chi connectivity index (χ1v) is 10.2. The van der Waals surface area contributed by atoms with Gasteiger partial charge in [0.25, 0.3) is 0 Å². The van der Waals surface area contributed by atoms with Gasteiger partial charge in [0.2, 0.25) is 0 Å². The Morgan fingerprint density at radius 3 is 2.37 bits per heavy atom. The lowest BCUT2D eigenvalue weighted by Crippen LogP contribution is -2.31. The van der Waals surface area contributed by atoms with Crippen LogP contribution in [0, 0.1) is 24.7 Å². The molecule has 0 saturated carbocycles. The van der Waals surface area contributed by atoms with Crippen molar-refractivity contribution in [2.45, 2.75) is 25.9 Å². The van der Waals surface area contributed by atoms with Crippen LogP contribution in [0.2, 0.25) is 0 Å². The van der Waals surface area contributed by atoms with Crippen LogP contribution in [0.15, 0.2) is 42.5 Å². The summed E-state index contributed by atoms with van der Waals surface area (Å²) in [6.07, 6.45) is 12.0. The lowest BCUT2D eigenvalue weighted by molar-refractivity contribution is 0.127. The molecule has 1 N–H and O–H groups in total. The number of benzene rings is 2. The molecule has 0 aliphatic heterocycles. The van der Waals surface area contributed by atoms with Gasteiger partial charge in [-0.25, -0.2) is 0 Å². The van der Waals surface area contributed by atoms with Gasteiger partial charge in [-0.15, -0.1) is 12.8 Å². The highest BCUT2D eigenvalue weighted by atomic mass is 32.1. The fraction of sp³-hybridized carbons (Fsp3) is 0.320. The van der Waals surface area contributed by atoms with Crippen LogP contribution in [0.4, 0.5) is 0 Å². The van der Waals surface area contributed by atoms with Gasteiger partial charge in [-0.2, -0.15) is 0 Å². The molecule has 2 aromatic carbocycles. The molecule has 0 aromatic heterocycles. The average Bonchev–Trinajstić information content (AvgIpc) is 2.78. The van der Waals surface area contributed by atoms with E-state index in [2.05, 4.69) is 36.2 Å². The number of nitrogens with one attached hydrogen (secondary N) is 1. The Hall–Kier alpha value is -2.99. The molecule has 0 bridgehead atoms. The SMILES string of the molecule is C#CCOc1ccc(CCNC(=S)C(OCC#C)c2ccc(CC)cc2)cc1OC. The quantitative estimate of drug-likeness (QED) is 0.437. The summed E-state index contributed by atoms with van der Waals surface area (Å²) >= 11 is 5.60. The molecule has 4 nitrogen and oxygen atoms in total. The molecule has 0 aliphatic carbocycles. The van der Waals surface area contributed by atoms with Crippen LogP contribution in [0.3, 0.4) is 0 Å². The number of hydrogen-bond acceptors (Lipinski definition) is 4. The molecule has 5 heteroatoms. The zero-order chi connectivity index (χ0) is 21.8. The van der Waals surface area contributed by atoms with Crippen molar-refractivity contribution < 1.29 is 14.2 Å². The van der Waals surface area contributed by atoms with E-state index in [1.165, 1.54) is 5.56 Å². The zero-order valence-corrected chi connectivity index (χ0v) is 18.3. The Labute approximate surface area is 184 Å². The minimum atomic E-state index is -0.379. The summed E-state index contributed by atoms with van der Waals surface area (Å²) < 4.78 is 16.7. The molecule has 0 amide bonds. The molecule has 0 aliphatic rings. The van der Waals surface area contributed by atoms with Crippen LogP contribution in [0.5, 0.6) is 11.5 Å². The number of thiocarbonyl (C=S) groups is 1. The first-order chi connectivity index (χ1) is 14.6. The monoisotopic (exact) mass is 421 g/mol. The number of rotatable bonds is 11. The summed E-state index contributed by atoms with van der Waals surface area (Å²) in [4.78, 5) is 0.607. The highest BCUT2D eigenvalue weighted by Crippen LogP contribution is 2.28. The second-order valence-corrected chi connectivity index (χ2v) is 6.95. The zero-order valence-electron chi connectivity index (χ0n) is 17.4. The fourth-order valence-corrected chi connectivity index (χ4v) is 3.22. The van der Waals surface area contributed by atoms with Crippen molar-refractivity contribution >= 4 is 17.2 Å². The van der Waals surface area contributed by atoms with Crippen molar-refractivity contribution in [2.24, 2.45) is 0 Å². The van der Waals surface area contributed by atoms with Crippen molar-refractivity contribution in [3.63, 3.8) is 0 Å². The van der Waals surface area contributed by atoms with Crippen LogP contribution in [-0.2, 0) is 17.6 Å². The predicted octanol–water partition coefficient (Wildman–Crippen LogP) is 4.12. The van der Waals surface area contributed by atoms with Crippen LogP contribution in [0.25, 0.3) is 0 Å². The minimum absolute atomic E-state index is 0.193. The first-order valence-electron chi connectivity index (χ1n) is 9.77. The van der Waals surface area contributed by atoms with Crippen LogP contribution < -0.4 is 14.8 Å². The van der Waals surface area contributed by atoms with Gasteiger partial charge in [0.1, 0.15) is 24.3 Å². The third-order valence-electron chi connectivity index (χ3n) is 4.51. The summed E-state index contributed by atoms with van der Waals surface area (Å²) in [6, 6.07) is 14.0. The third-order valence-corrected chi connectivity index (χ3v) is 4.87. The van der Waals surface area contributed by atoms with Gasteiger partial charge >= 0.3 is 0 Å². The van der Waals surface area contributed by atoms with E-state index in [0.29, 0.717) is 23.0 Å². The van der Waals surface area contributed by atoms with Crippen molar-refractivity contribution in [3.05, 3.63) is 59.2 Å². The molecule has 1 unspecified atom stereocenters. The van der Waals surface area contributed by atoms with Gasteiger partial charge in [-0.3, -0.25) is 0 Å². The molecular weight excluding hydrogens is 394 g/mol. The van der Waals surface area contributed by atoms with Gasteiger partial charge in [-0.05, 0) is 41.7 Å². The Morgan fingerprint density at radius 1 is 1.03 bits per heavy atom. The van der Waals surface area contributed by atoms with E-state index in [4.69, 9.17) is 39.3 Å². The second-order valence-electron chi connectivity index (χ2n) is 6.51. The van der Waals surface area contributed by atoms with Crippen LogP contribution in [-0.4, -0.2) is 31.9 Å². The van der Waals surface area contributed by atoms with Crippen molar-refractivity contribution in [2.75, 3.05) is 26.9 Å². The van der Waals surface area contributed by atoms with Gasteiger partial charge < -0.3 is 19.5 Å². The minimum Gasteiger partial charge on any atom is -0.493 e. The van der Waals surface area contributed by atoms with E-state index >= 15 is 0 Å². The van der Waals surface area contributed by atoms with Crippen molar-refractivity contribution in [1.29, 1.82) is 0 Å². The highest BCUT2D eigenvalue weighted by Gasteiger charge is 2.17. The summed E-state index contributed by atoms with van der Waals surface area (Å²) in [6.45, 7) is 3.16. The molecule has 30 heavy (non-hydrogen) atoms. The van der Waals surface area contributed by atoms with Crippen molar-refractivity contribution in [3.8, 4) is 36.2 Å². The number of terminal acetylenes is 2. The lowest BCUT2D eigenvalue weighted by atomic mass is 10.1. The normalized spacial score (nSPS) is 11.1. The molecule has 1 atom stereocenters. The predicted molar refractivity (Wildman–Crippen MR) is 125 cm³/mol. The van der Waals surface area contributed by atoms with Crippen molar-refractivity contribution in [1.82, 2.24) is 5.32 Å². The average molecular weight is 422 g/mol. The number of ether oxygens (including phenoxy) is 3. The molecule has 2 rings (SSSR count). The summed E-state index contributed by atoms with van der Waals surface area (Å²) in [5.41, 5.74) is 3.33. The smallest absolute Gasteiger partial charge is 0.162 e. The maximum Gasteiger partial charge on any atom is 0.162 e. The number of methoxy groups -OCH3 is 1. The van der Waals surface area contributed by atoms with Gasteiger partial charge in [0, 0.05) is 6.54 Å². The molecule has 0 spiro atoms. The standard InChI is InChI=1S/C25H27NO3S/c1-5-16-28-22-13-10-20(18-23(22)27-4)14-15-26-25(30)24(29-17-6-2)21-11-8-19(7-3)9-12-21/h1-2,8-13,18,24H,7,14-17H2,3-4H3,(H,26,30). The maximum atomic E-state index is 5.81. The lowest BCUT2D eigenvalue weighted by Gasteiger charge is -2.20. The number of hydrogen-bond donors (Lipinski definition) is 1. The Morgan fingerprint density at radius 2 is 1.73 bits per heavy atom. The molecule has 2 aromatic rings. The Balaban J connectivity index is 1.99. The molecular formula is C25H27NO3S. The second kappa shape index (κ2) is 12.5. The van der Waals surface area contributed by atoms with E-state index in [-0.39, 0.29) is 19.3 Å². The fourth-order valence-electron chi connectivity index (χ4n) is 2.91. The summed E-state index contributed by atoms with van der Waals surface area (Å²) in [5, 5.41) is 3.29. The van der Waals surface area contributed by atoms with Gasteiger partial charge in [0.15, 0.2) is 11.5 Å². The topological polar surface area (TPSA) is 39.7 Å². The van der Waals surface area contributed by atoms with Gasteiger partial charge in [-0.1, -0.05) is 61.3 Å². The van der Waals surface area contributed by atoms with Crippen LogP contribution in [0.1, 0.15) is 29.7 Å². The molecule has 0 fully saturated rings. The molecule has 156 valence electrons. The van der Waals surface area contributed by atoms with E-state index in [1.54, 1.807) is 7.11 Å². The Bertz CT molecular complexity index is 909.